The van der Waals surface area contributed by atoms with E-state index in [1.165, 1.54) is 0 Å². The Hall–Kier alpha value is -1.02. The number of aliphatic carboxylic acids is 1. The number of carbonyl (C=O) groups is 2. The Bertz CT molecular complexity index is 204. The standard InChI is InChI=1S/C7H12O7/c1-14-6(3(9)2-8)4(10)5(11)7(12)13/h2-6,9-11H,1H3,(H,12,13). The molecule has 0 radical (unpaired) electrons. The molecule has 0 rings (SSSR count). The number of hydrogen-bond donors (Lipinski definition) is 4. The number of aldehydes is 1. The van der Waals surface area contributed by atoms with Gasteiger partial charge >= 0.3 is 5.97 Å². The third kappa shape index (κ3) is 3.04. The molecule has 14 heavy (non-hydrogen) atoms. The van der Waals surface area contributed by atoms with Crippen LogP contribution in [0.5, 0.6) is 0 Å². The van der Waals surface area contributed by atoms with E-state index in [-0.39, 0.29) is 6.29 Å². The molecule has 7 nitrogen and oxygen atoms in total. The van der Waals surface area contributed by atoms with Gasteiger partial charge in [0.05, 0.1) is 0 Å². The lowest BCUT2D eigenvalue weighted by atomic mass is 10.0. The van der Waals surface area contributed by atoms with Crippen LogP contribution in [-0.2, 0) is 14.3 Å². The Labute approximate surface area is 79.5 Å². The van der Waals surface area contributed by atoms with E-state index in [1.54, 1.807) is 0 Å². The molecule has 0 aromatic carbocycles. The molecule has 0 aliphatic rings. The van der Waals surface area contributed by atoms with E-state index >= 15 is 0 Å². The van der Waals surface area contributed by atoms with Gasteiger partial charge in [0.25, 0.3) is 0 Å². The first-order valence-electron chi connectivity index (χ1n) is 3.70. The molecule has 0 spiro atoms. The summed E-state index contributed by atoms with van der Waals surface area (Å²) in [7, 11) is 1.06. The van der Waals surface area contributed by atoms with E-state index in [0.29, 0.717) is 0 Å². The minimum atomic E-state index is -2.12. The van der Waals surface area contributed by atoms with Crippen LogP contribution in [0.25, 0.3) is 0 Å². The van der Waals surface area contributed by atoms with Gasteiger partial charge < -0.3 is 30.0 Å². The number of rotatable bonds is 6. The van der Waals surface area contributed by atoms with Crippen LogP contribution in [0.2, 0.25) is 0 Å². The fourth-order valence-electron chi connectivity index (χ4n) is 0.884. The number of carbonyl (C=O) groups excluding carboxylic acids is 1. The van der Waals surface area contributed by atoms with E-state index in [2.05, 4.69) is 4.74 Å². The van der Waals surface area contributed by atoms with Crippen LogP contribution in [0.3, 0.4) is 0 Å². The van der Waals surface area contributed by atoms with Gasteiger partial charge in [0, 0.05) is 7.11 Å². The average molecular weight is 208 g/mol. The van der Waals surface area contributed by atoms with Crippen LogP contribution in [0.15, 0.2) is 0 Å². The Kier molecular flexibility index (Phi) is 5.24. The van der Waals surface area contributed by atoms with Gasteiger partial charge in [-0.15, -0.1) is 0 Å². The second kappa shape index (κ2) is 5.66. The van der Waals surface area contributed by atoms with Crippen molar-refractivity contribution in [1.29, 1.82) is 0 Å². The Balaban J connectivity index is 4.52. The number of ether oxygens (including phenoxy) is 1. The van der Waals surface area contributed by atoms with Crippen molar-refractivity contribution in [2.45, 2.75) is 24.4 Å². The molecule has 4 atom stereocenters. The highest BCUT2D eigenvalue weighted by Gasteiger charge is 2.35. The predicted molar refractivity (Wildman–Crippen MR) is 42.5 cm³/mol. The highest BCUT2D eigenvalue weighted by molar-refractivity contribution is 5.73. The zero-order valence-corrected chi connectivity index (χ0v) is 7.40. The van der Waals surface area contributed by atoms with Gasteiger partial charge in [-0.3, -0.25) is 0 Å². The fraction of sp³-hybridized carbons (Fsp3) is 0.714. The van der Waals surface area contributed by atoms with Crippen LogP contribution < -0.4 is 0 Å². The third-order valence-corrected chi connectivity index (χ3v) is 1.66. The molecule has 0 saturated carbocycles. The van der Waals surface area contributed by atoms with E-state index < -0.39 is 30.4 Å². The summed E-state index contributed by atoms with van der Waals surface area (Å²) in [5, 5.41) is 35.3. The molecule has 4 N–H and O–H groups in total. The van der Waals surface area contributed by atoms with Gasteiger partial charge in [-0.25, -0.2) is 4.79 Å². The largest absolute Gasteiger partial charge is 0.479 e. The predicted octanol–water partition coefficient (Wildman–Crippen LogP) is -2.63. The third-order valence-electron chi connectivity index (χ3n) is 1.66. The zero-order chi connectivity index (χ0) is 11.3. The molecule has 0 fully saturated rings. The molecule has 0 aliphatic heterocycles. The lowest BCUT2D eigenvalue weighted by Crippen LogP contribution is -2.49. The maximum absolute atomic E-state index is 10.2. The molecular weight excluding hydrogens is 196 g/mol. The SMILES string of the molecule is COC(C(O)C=O)C(O)C(O)C(=O)O. The van der Waals surface area contributed by atoms with Gasteiger partial charge in [-0.05, 0) is 0 Å². The summed E-state index contributed by atoms with van der Waals surface area (Å²) in [6.07, 6.45) is -7.08. The van der Waals surface area contributed by atoms with Crippen LogP contribution >= 0.6 is 0 Å². The number of methoxy groups -OCH3 is 1. The van der Waals surface area contributed by atoms with Crippen LogP contribution in [0.4, 0.5) is 0 Å². The zero-order valence-electron chi connectivity index (χ0n) is 7.40. The molecule has 0 saturated heterocycles. The number of carboxylic acid groups (broad SMARTS) is 1. The van der Waals surface area contributed by atoms with E-state index in [9.17, 15) is 14.7 Å². The molecule has 7 heteroatoms. The molecule has 0 bridgehead atoms. The van der Waals surface area contributed by atoms with E-state index in [1.807, 2.05) is 0 Å². The summed E-state index contributed by atoms with van der Waals surface area (Å²) in [5.74, 6) is -1.67. The number of hydrogen-bond acceptors (Lipinski definition) is 6. The van der Waals surface area contributed by atoms with Crippen molar-refractivity contribution in [2.24, 2.45) is 0 Å². The molecule has 0 aromatic heterocycles. The first-order valence-corrected chi connectivity index (χ1v) is 3.70. The second-order valence-electron chi connectivity index (χ2n) is 2.60. The van der Waals surface area contributed by atoms with Crippen molar-refractivity contribution in [2.75, 3.05) is 7.11 Å². The normalized spacial score (nSPS) is 19.4. The molecule has 0 amide bonds. The summed E-state index contributed by atoms with van der Waals surface area (Å²) >= 11 is 0. The topological polar surface area (TPSA) is 124 Å². The van der Waals surface area contributed by atoms with Crippen molar-refractivity contribution in [3.05, 3.63) is 0 Å². The van der Waals surface area contributed by atoms with E-state index in [0.717, 1.165) is 7.11 Å². The van der Waals surface area contributed by atoms with Gasteiger partial charge in [0.1, 0.15) is 18.3 Å². The van der Waals surface area contributed by atoms with Crippen molar-refractivity contribution in [1.82, 2.24) is 0 Å². The van der Waals surface area contributed by atoms with Gasteiger partial charge in [-0.2, -0.15) is 0 Å². The van der Waals surface area contributed by atoms with Crippen molar-refractivity contribution < 1.29 is 34.8 Å². The fourth-order valence-corrected chi connectivity index (χ4v) is 0.884. The highest BCUT2D eigenvalue weighted by Crippen LogP contribution is 2.07. The monoisotopic (exact) mass is 208 g/mol. The van der Waals surface area contributed by atoms with Crippen molar-refractivity contribution >= 4 is 12.3 Å². The molecular formula is C7H12O7. The summed E-state index contributed by atoms with van der Waals surface area (Å²) in [6.45, 7) is 0. The minimum Gasteiger partial charge on any atom is -0.479 e. The maximum atomic E-state index is 10.2. The molecule has 0 heterocycles. The van der Waals surface area contributed by atoms with Crippen molar-refractivity contribution in [3.8, 4) is 0 Å². The molecule has 0 aliphatic carbocycles. The Morgan fingerprint density at radius 2 is 1.86 bits per heavy atom. The first kappa shape index (κ1) is 13.0. The lowest BCUT2D eigenvalue weighted by molar-refractivity contribution is -0.166. The average Bonchev–Trinajstić information content (AvgIpc) is 2.16. The number of carboxylic acids is 1. The summed E-state index contributed by atoms with van der Waals surface area (Å²) in [6, 6.07) is 0. The lowest BCUT2D eigenvalue weighted by Gasteiger charge is -2.24. The summed E-state index contributed by atoms with van der Waals surface area (Å²) in [5.41, 5.74) is 0. The molecule has 82 valence electrons. The molecule has 4 unspecified atom stereocenters. The number of aliphatic hydroxyl groups excluding tert-OH is 3. The van der Waals surface area contributed by atoms with Gasteiger partial charge in [0.15, 0.2) is 12.4 Å². The maximum Gasteiger partial charge on any atom is 0.335 e. The van der Waals surface area contributed by atoms with Gasteiger partial charge in [0.2, 0.25) is 0 Å². The quantitative estimate of drug-likeness (QED) is 0.352. The molecule has 0 aromatic rings. The van der Waals surface area contributed by atoms with Crippen LogP contribution in [-0.4, -0.2) is 64.2 Å². The van der Waals surface area contributed by atoms with Crippen LogP contribution in [0, 0.1) is 0 Å². The van der Waals surface area contributed by atoms with Gasteiger partial charge in [-0.1, -0.05) is 0 Å². The summed E-state index contributed by atoms with van der Waals surface area (Å²) < 4.78 is 4.48. The Morgan fingerprint density at radius 1 is 1.36 bits per heavy atom. The first-order chi connectivity index (χ1) is 6.45. The summed E-state index contributed by atoms with van der Waals surface area (Å²) in [4.78, 5) is 20.4. The smallest absolute Gasteiger partial charge is 0.335 e. The number of aliphatic hydroxyl groups is 3. The minimum absolute atomic E-state index is 0.0754. The highest BCUT2D eigenvalue weighted by atomic mass is 16.5. The second-order valence-corrected chi connectivity index (χ2v) is 2.60. The Morgan fingerprint density at radius 3 is 2.14 bits per heavy atom. The van der Waals surface area contributed by atoms with Crippen molar-refractivity contribution in [3.63, 3.8) is 0 Å². The van der Waals surface area contributed by atoms with E-state index in [4.69, 9.17) is 15.3 Å². The van der Waals surface area contributed by atoms with Crippen LogP contribution in [0.1, 0.15) is 0 Å².